The van der Waals surface area contributed by atoms with Crippen molar-refractivity contribution in [3.05, 3.63) is 92.8 Å². The maximum absolute atomic E-state index is 11.7. The molecule has 11 heteroatoms. The number of benzene rings is 2. The van der Waals surface area contributed by atoms with Crippen LogP contribution in [0.1, 0.15) is 28.5 Å². The zero-order chi connectivity index (χ0) is 23.0. The number of thiazole rings is 1. The molecule has 7 nitrogen and oxygen atoms in total. The van der Waals surface area contributed by atoms with Gasteiger partial charge in [0.2, 0.25) is 0 Å². The summed E-state index contributed by atoms with van der Waals surface area (Å²) in [5.41, 5.74) is 4.58. The number of hydrogen-bond acceptors (Lipinski definition) is 7. The van der Waals surface area contributed by atoms with Crippen molar-refractivity contribution in [1.29, 1.82) is 0 Å². The molecule has 196 valence electrons. The molecule has 2 heterocycles. The predicted octanol–water partition coefficient (Wildman–Crippen LogP) is 4.15. The number of aromatic amines is 1. The molecule has 4 aromatic rings. The number of aromatic nitrogens is 2. The Bertz CT molecular complexity index is 1250. The highest BCUT2D eigenvalue weighted by atomic mass is 35.5. The normalized spacial score (nSPS) is 11.2. The summed E-state index contributed by atoms with van der Waals surface area (Å²) >= 11 is 0.997. The third kappa shape index (κ3) is 8.74. The van der Waals surface area contributed by atoms with Crippen LogP contribution in [0.4, 0.5) is 0 Å². The van der Waals surface area contributed by atoms with Gasteiger partial charge in [-0.2, -0.15) is 0 Å². The maximum atomic E-state index is 11.7. The molecule has 0 fully saturated rings. The van der Waals surface area contributed by atoms with E-state index in [0.717, 1.165) is 49.5 Å². The van der Waals surface area contributed by atoms with Crippen molar-refractivity contribution in [1.82, 2.24) is 20.6 Å². The van der Waals surface area contributed by atoms with E-state index in [4.69, 9.17) is 0 Å². The minimum atomic E-state index is -0.769. The van der Waals surface area contributed by atoms with Gasteiger partial charge in [0.25, 0.3) is 0 Å². The van der Waals surface area contributed by atoms with Gasteiger partial charge in [0.15, 0.2) is 0 Å². The van der Waals surface area contributed by atoms with E-state index in [0.29, 0.717) is 22.3 Å². The number of phenols is 1. The second-order valence-corrected chi connectivity index (χ2v) is 8.91. The van der Waals surface area contributed by atoms with Crippen molar-refractivity contribution in [2.45, 2.75) is 25.5 Å². The topological polar surface area (TPSA) is 110 Å². The summed E-state index contributed by atoms with van der Waals surface area (Å²) < 4.78 is 0.595. The van der Waals surface area contributed by atoms with E-state index in [-0.39, 0.29) is 47.8 Å². The Labute approximate surface area is 232 Å². The van der Waals surface area contributed by atoms with Crippen molar-refractivity contribution in [3.8, 4) is 5.75 Å². The predicted molar refractivity (Wildman–Crippen MR) is 153 cm³/mol. The van der Waals surface area contributed by atoms with Crippen LogP contribution in [0.15, 0.2) is 65.6 Å². The summed E-state index contributed by atoms with van der Waals surface area (Å²) in [4.78, 5) is 18.4. The van der Waals surface area contributed by atoms with Crippen molar-refractivity contribution < 1.29 is 10.2 Å². The van der Waals surface area contributed by atoms with Gasteiger partial charge in [-0.25, -0.2) is 0 Å². The molecule has 4 rings (SSSR count). The molecule has 5 N–H and O–H groups in total. The minimum Gasteiger partial charge on any atom is -0.506 e. The highest BCUT2D eigenvalue weighted by Crippen LogP contribution is 2.31. The number of H-pyrrole nitrogens is 1. The van der Waals surface area contributed by atoms with Gasteiger partial charge in [-0.15, -0.1) is 37.2 Å². The van der Waals surface area contributed by atoms with Crippen molar-refractivity contribution >= 4 is 58.8 Å². The molecule has 0 saturated carbocycles. The third-order valence-corrected chi connectivity index (χ3v) is 6.41. The largest absolute Gasteiger partial charge is 0.506 e. The number of nitrogens with zero attached hydrogens (tertiary/aromatic N) is 1. The lowest BCUT2D eigenvalue weighted by molar-refractivity contribution is 0.176. The third-order valence-electron chi connectivity index (χ3n) is 5.48. The van der Waals surface area contributed by atoms with Gasteiger partial charge in [-0.05, 0) is 42.3 Å². The molecule has 36 heavy (non-hydrogen) atoms. The van der Waals surface area contributed by atoms with Gasteiger partial charge < -0.3 is 25.8 Å². The molecular formula is C25H31Cl3N4O3S. The lowest BCUT2D eigenvalue weighted by Crippen LogP contribution is -2.24. The first kappa shape index (κ1) is 31.9. The lowest BCUT2D eigenvalue weighted by Gasteiger charge is -2.14. The summed E-state index contributed by atoms with van der Waals surface area (Å²) in [6.07, 6.45) is 2.80. The first-order valence-electron chi connectivity index (χ1n) is 11.0. The van der Waals surface area contributed by atoms with Crippen LogP contribution in [0.2, 0.25) is 0 Å². The molecule has 0 amide bonds. The van der Waals surface area contributed by atoms with E-state index in [1.165, 1.54) is 17.2 Å². The Balaban J connectivity index is 0.00000216. The number of aromatic hydroxyl groups is 1. The van der Waals surface area contributed by atoms with Gasteiger partial charge >= 0.3 is 4.87 Å². The SMILES string of the molecule is Cl.Cl.Cl.O=c1[nH]c2c(O)ccc(C(O)CNCCc3cccc(CNCCc4ccccn4)c3)c2s1. The quantitative estimate of drug-likeness (QED) is 0.172. The monoisotopic (exact) mass is 572 g/mol. The number of rotatable bonds is 11. The Morgan fingerprint density at radius 3 is 2.50 bits per heavy atom. The van der Waals surface area contributed by atoms with E-state index in [2.05, 4.69) is 44.9 Å². The second kappa shape index (κ2) is 15.8. The highest BCUT2D eigenvalue weighted by molar-refractivity contribution is 7.16. The number of nitrogens with one attached hydrogen (secondary N) is 3. The molecule has 0 radical (unpaired) electrons. The average molecular weight is 574 g/mol. The fourth-order valence-corrected chi connectivity index (χ4v) is 4.69. The van der Waals surface area contributed by atoms with Crippen LogP contribution >= 0.6 is 48.6 Å². The van der Waals surface area contributed by atoms with E-state index in [1.807, 2.05) is 24.4 Å². The molecular weight excluding hydrogens is 543 g/mol. The van der Waals surface area contributed by atoms with Gasteiger partial charge in [0.05, 0.1) is 10.8 Å². The minimum absolute atomic E-state index is 0. The molecule has 0 aliphatic rings. The van der Waals surface area contributed by atoms with Gasteiger partial charge in [-0.3, -0.25) is 9.78 Å². The molecule has 2 aromatic carbocycles. The number of phenolic OH excluding ortho intramolecular Hbond substituents is 1. The number of aliphatic hydroxyl groups is 1. The molecule has 0 saturated heterocycles. The summed E-state index contributed by atoms with van der Waals surface area (Å²) in [7, 11) is 0. The number of halogens is 3. The van der Waals surface area contributed by atoms with Crippen LogP contribution in [0.5, 0.6) is 5.75 Å². The molecule has 1 atom stereocenters. The first-order valence-corrected chi connectivity index (χ1v) is 11.8. The van der Waals surface area contributed by atoms with E-state index < -0.39 is 6.10 Å². The molecule has 0 aliphatic carbocycles. The fourth-order valence-electron chi connectivity index (χ4n) is 3.77. The van der Waals surface area contributed by atoms with Crippen molar-refractivity contribution in [2.24, 2.45) is 0 Å². The molecule has 1 unspecified atom stereocenters. The number of fused-ring (bicyclic) bond motifs is 1. The van der Waals surface area contributed by atoms with Crippen molar-refractivity contribution in [3.63, 3.8) is 0 Å². The Hall–Kier alpha value is -2.17. The van der Waals surface area contributed by atoms with Gasteiger partial charge in [0.1, 0.15) is 11.3 Å². The molecule has 0 bridgehead atoms. The summed E-state index contributed by atoms with van der Waals surface area (Å²) in [6.45, 7) is 2.77. The van der Waals surface area contributed by atoms with Crippen LogP contribution in [0, 0.1) is 0 Å². The van der Waals surface area contributed by atoms with Crippen LogP contribution < -0.4 is 15.5 Å². The first-order chi connectivity index (χ1) is 16.1. The van der Waals surface area contributed by atoms with E-state index in [9.17, 15) is 15.0 Å². The van der Waals surface area contributed by atoms with Crippen LogP contribution in [-0.4, -0.2) is 39.8 Å². The average Bonchev–Trinajstić information content (AvgIpc) is 3.23. The fraction of sp³-hybridized carbons (Fsp3) is 0.280. The smallest absolute Gasteiger partial charge is 0.305 e. The number of hydrogen-bond donors (Lipinski definition) is 5. The van der Waals surface area contributed by atoms with Gasteiger partial charge in [0, 0.05) is 43.5 Å². The molecule has 0 spiro atoms. The molecule has 2 aromatic heterocycles. The zero-order valence-electron chi connectivity index (χ0n) is 19.5. The summed E-state index contributed by atoms with van der Waals surface area (Å²) in [6, 6.07) is 17.6. The summed E-state index contributed by atoms with van der Waals surface area (Å²) in [5, 5.41) is 27.3. The van der Waals surface area contributed by atoms with Crippen LogP contribution in [0.25, 0.3) is 10.2 Å². The Morgan fingerprint density at radius 1 is 0.944 bits per heavy atom. The molecule has 0 aliphatic heterocycles. The second-order valence-electron chi connectivity index (χ2n) is 7.93. The zero-order valence-corrected chi connectivity index (χ0v) is 22.7. The Morgan fingerprint density at radius 2 is 1.72 bits per heavy atom. The highest BCUT2D eigenvalue weighted by Gasteiger charge is 2.15. The van der Waals surface area contributed by atoms with E-state index in [1.54, 1.807) is 6.07 Å². The van der Waals surface area contributed by atoms with Crippen LogP contribution in [0.3, 0.4) is 0 Å². The summed E-state index contributed by atoms with van der Waals surface area (Å²) in [5.74, 6) is 0.0124. The number of aliphatic hydroxyl groups excluding tert-OH is 1. The van der Waals surface area contributed by atoms with Gasteiger partial charge in [-0.1, -0.05) is 47.7 Å². The maximum Gasteiger partial charge on any atom is 0.305 e. The Kier molecular flexibility index (Phi) is 14.0. The van der Waals surface area contributed by atoms with E-state index >= 15 is 0 Å². The standard InChI is InChI=1S/C25H28N4O3S.3ClH/c30-21-8-7-20(24-23(21)29-25(32)33-24)22(31)16-27-12-9-17-4-3-5-18(14-17)15-26-13-10-19-6-1-2-11-28-19;;;/h1-8,11,14,22,26-27,30-31H,9-10,12-13,15-16H2,(H,29,32);3*1H. The van der Waals surface area contributed by atoms with Crippen LogP contribution in [-0.2, 0) is 19.4 Å². The lowest BCUT2D eigenvalue weighted by atomic mass is 10.1. The number of pyridine rings is 1. The van der Waals surface area contributed by atoms with Crippen molar-refractivity contribution in [2.75, 3.05) is 19.6 Å².